The number of benzene rings is 2. The molecule has 0 spiro atoms. The Morgan fingerprint density at radius 1 is 1.07 bits per heavy atom. The number of esters is 1. The third-order valence-corrected chi connectivity index (χ3v) is 4.67. The van der Waals surface area contributed by atoms with Gasteiger partial charge in [-0.15, -0.1) is 0 Å². The predicted octanol–water partition coefficient (Wildman–Crippen LogP) is 3.36. The van der Waals surface area contributed by atoms with Gasteiger partial charge in [-0.05, 0) is 50.1 Å². The Morgan fingerprint density at radius 3 is 2.39 bits per heavy atom. The van der Waals surface area contributed by atoms with Crippen LogP contribution in [0, 0.1) is 6.92 Å². The number of carbonyl (C=O) groups is 2. The second-order valence-electron chi connectivity index (χ2n) is 6.91. The van der Waals surface area contributed by atoms with Crippen LogP contribution in [0.1, 0.15) is 40.6 Å². The van der Waals surface area contributed by atoms with Crippen molar-refractivity contribution >= 4 is 11.9 Å². The quantitative estimate of drug-likeness (QED) is 0.671. The molecule has 1 amide bonds. The van der Waals surface area contributed by atoms with Crippen LogP contribution in [0.5, 0.6) is 0 Å². The molecule has 6 nitrogen and oxygen atoms in total. The van der Waals surface area contributed by atoms with E-state index in [1.54, 1.807) is 47.3 Å². The van der Waals surface area contributed by atoms with Crippen LogP contribution >= 0.6 is 0 Å². The molecule has 0 unspecified atom stereocenters. The van der Waals surface area contributed by atoms with E-state index in [9.17, 15) is 9.59 Å². The van der Waals surface area contributed by atoms with Crippen molar-refractivity contribution in [2.45, 2.75) is 31.9 Å². The van der Waals surface area contributed by atoms with Gasteiger partial charge in [0.15, 0.2) is 0 Å². The Kier molecular flexibility index (Phi) is 4.93. The van der Waals surface area contributed by atoms with E-state index in [1.807, 2.05) is 31.2 Å². The third kappa shape index (κ3) is 3.96. The van der Waals surface area contributed by atoms with Crippen LogP contribution in [-0.4, -0.2) is 27.7 Å². The molecule has 3 aromatic rings. The van der Waals surface area contributed by atoms with E-state index in [2.05, 4.69) is 10.4 Å². The zero-order valence-electron chi connectivity index (χ0n) is 15.5. The largest absolute Gasteiger partial charge is 0.444 e. The van der Waals surface area contributed by atoms with Crippen molar-refractivity contribution in [3.8, 4) is 5.69 Å². The zero-order valence-corrected chi connectivity index (χ0v) is 15.5. The molecule has 1 aromatic heterocycles. The van der Waals surface area contributed by atoms with Crippen LogP contribution in [0.15, 0.2) is 66.9 Å². The minimum absolute atomic E-state index is 0.189. The molecule has 1 saturated carbocycles. The summed E-state index contributed by atoms with van der Waals surface area (Å²) < 4.78 is 7.38. The first kappa shape index (κ1) is 18.0. The molecule has 2 aromatic carbocycles. The average Bonchev–Trinajstić information content (AvgIpc) is 3.43. The van der Waals surface area contributed by atoms with Gasteiger partial charge in [0.2, 0.25) is 6.10 Å². The Balaban J connectivity index is 1.52. The molecule has 0 bridgehead atoms. The van der Waals surface area contributed by atoms with E-state index in [-0.39, 0.29) is 11.9 Å². The summed E-state index contributed by atoms with van der Waals surface area (Å²) in [5.74, 6) is -0.825. The summed E-state index contributed by atoms with van der Waals surface area (Å²) in [5.41, 5.74) is 2.88. The fourth-order valence-electron chi connectivity index (χ4n) is 2.96. The summed E-state index contributed by atoms with van der Waals surface area (Å²) in [7, 11) is 0. The predicted molar refractivity (Wildman–Crippen MR) is 104 cm³/mol. The lowest BCUT2D eigenvalue weighted by molar-refractivity contribution is -0.130. The number of hydrogen-bond donors (Lipinski definition) is 1. The first-order chi connectivity index (χ1) is 13.6. The zero-order chi connectivity index (χ0) is 19.5. The molecule has 1 fully saturated rings. The lowest BCUT2D eigenvalue weighted by Gasteiger charge is -2.18. The highest BCUT2D eigenvalue weighted by Gasteiger charge is 2.31. The molecule has 142 valence electrons. The van der Waals surface area contributed by atoms with Crippen molar-refractivity contribution in [1.82, 2.24) is 15.1 Å². The molecule has 1 aliphatic carbocycles. The van der Waals surface area contributed by atoms with Gasteiger partial charge in [-0.2, -0.15) is 5.10 Å². The Labute approximate surface area is 163 Å². The van der Waals surface area contributed by atoms with Crippen molar-refractivity contribution in [3.05, 3.63) is 83.7 Å². The van der Waals surface area contributed by atoms with Crippen LogP contribution in [0.2, 0.25) is 0 Å². The van der Waals surface area contributed by atoms with Crippen molar-refractivity contribution in [1.29, 1.82) is 0 Å². The van der Waals surface area contributed by atoms with Gasteiger partial charge in [0, 0.05) is 23.5 Å². The molecule has 1 N–H and O–H groups in total. The summed E-state index contributed by atoms with van der Waals surface area (Å²) in [6.45, 7) is 1.96. The average molecular weight is 375 g/mol. The van der Waals surface area contributed by atoms with Gasteiger partial charge in [0.25, 0.3) is 5.91 Å². The van der Waals surface area contributed by atoms with Gasteiger partial charge in [0.05, 0.1) is 11.3 Å². The van der Waals surface area contributed by atoms with E-state index < -0.39 is 12.1 Å². The maximum atomic E-state index is 12.7. The molecule has 0 saturated heterocycles. The highest BCUT2D eigenvalue weighted by molar-refractivity contribution is 5.93. The van der Waals surface area contributed by atoms with E-state index in [0.29, 0.717) is 11.1 Å². The number of aryl methyl sites for hydroxylation is 1. The van der Waals surface area contributed by atoms with Gasteiger partial charge in [-0.25, -0.2) is 9.48 Å². The molecule has 1 heterocycles. The normalized spacial score (nSPS) is 14.3. The summed E-state index contributed by atoms with van der Waals surface area (Å²) in [5, 5.41) is 7.17. The van der Waals surface area contributed by atoms with Crippen LogP contribution in [0.4, 0.5) is 0 Å². The number of aromatic nitrogens is 2. The summed E-state index contributed by atoms with van der Waals surface area (Å²) >= 11 is 0. The van der Waals surface area contributed by atoms with E-state index in [0.717, 1.165) is 24.2 Å². The molecule has 28 heavy (non-hydrogen) atoms. The number of hydrogen-bond acceptors (Lipinski definition) is 4. The van der Waals surface area contributed by atoms with Gasteiger partial charge < -0.3 is 10.1 Å². The Bertz CT molecular complexity index is 976. The van der Waals surface area contributed by atoms with E-state index >= 15 is 0 Å². The monoisotopic (exact) mass is 375 g/mol. The van der Waals surface area contributed by atoms with Crippen LogP contribution in [0.25, 0.3) is 5.69 Å². The topological polar surface area (TPSA) is 73.2 Å². The first-order valence-corrected chi connectivity index (χ1v) is 9.29. The highest BCUT2D eigenvalue weighted by Crippen LogP contribution is 2.24. The van der Waals surface area contributed by atoms with Gasteiger partial charge >= 0.3 is 5.97 Å². The second-order valence-corrected chi connectivity index (χ2v) is 6.91. The van der Waals surface area contributed by atoms with Crippen LogP contribution < -0.4 is 5.32 Å². The summed E-state index contributed by atoms with van der Waals surface area (Å²) in [6.07, 6.45) is 2.69. The lowest BCUT2D eigenvalue weighted by atomic mass is 10.1. The molecular formula is C22H21N3O3. The van der Waals surface area contributed by atoms with Gasteiger partial charge in [0.1, 0.15) is 0 Å². The first-order valence-electron chi connectivity index (χ1n) is 9.29. The number of carbonyl (C=O) groups excluding carboxylic acids is 2. The minimum Gasteiger partial charge on any atom is -0.444 e. The highest BCUT2D eigenvalue weighted by atomic mass is 16.5. The number of ether oxygens (including phenoxy) is 1. The van der Waals surface area contributed by atoms with Crippen molar-refractivity contribution in [2.24, 2.45) is 0 Å². The van der Waals surface area contributed by atoms with Crippen LogP contribution in [0.3, 0.4) is 0 Å². The third-order valence-electron chi connectivity index (χ3n) is 4.67. The number of nitrogens with zero attached hydrogens (tertiary/aromatic N) is 2. The minimum atomic E-state index is -0.970. The summed E-state index contributed by atoms with van der Waals surface area (Å²) in [4.78, 5) is 25.3. The molecule has 1 atom stereocenters. The Morgan fingerprint density at radius 2 is 1.79 bits per heavy atom. The van der Waals surface area contributed by atoms with Crippen LogP contribution in [-0.2, 0) is 9.53 Å². The summed E-state index contributed by atoms with van der Waals surface area (Å²) in [6, 6.07) is 18.1. The molecule has 0 aliphatic heterocycles. The molecule has 4 rings (SSSR count). The van der Waals surface area contributed by atoms with Gasteiger partial charge in [-0.3, -0.25) is 4.79 Å². The smallest absolute Gasteiger partial charge is 0.339 e. The molecule has 6 heteroatoms. The van der Waals surface area contributed by atoms with Gasteiger partial charge in [-0.1, -0.05) is 30.3 Å². The van der Waals surface area contributed by atoms with E-state index in [4.69, 9.17) is 4.74 Å². The number of amides is 1. The number of rotatable bonds is 6. The lowest BCUT2D eigenvalue weighted by Crippen LogP contribution is -2.33. The maximum absolute atomic E-state index is 12.7. The molecular weight excluding hydrogens is 354 g/mol. The Hall–Kier alpha value is -3.41. The number of nitrogens with one attached hydrogen (secondary N) is 1. The van der Waals surface area contributed by atoms with Crippen molar-refractivity contribution < 1.29 is 14.3 Å². The fourth-order valence-corrected chi connectivity index (χ4v) is 2.96. The molecule has 1 aliphatic rings. The second kappa shape index (κ2) is 7.68. The standard InChI is InChI=1S/C22H21N3O3/c1-15-13-14-23-25(15)19-11-7-17(8-12-19)22(27)28-20(16-5-3-2-4-6-16)21(26)24-18-9-10-18/h2-8,11-14,18,20H,9-10H2,1H3,(H,24,26)/t20-/m0/s1. The maximum Gasteiger partial charge on any atom is 0.339 e. The van der Waals surface area contributed by atoms with Crippen molar-refractivity contribution in [2.75, 3.05) is 0 Å². The van der Waals surface area contributed by atoms with Crippen molar-refractivity contribution in [3.63, 3.8) is 0 Å². The fraction of sp³-hybridized carbons (Fsp3) is 0.227. The van der Waals surface area contributed by atoms with E-state index in [1.165, 1.54) is 0 Å². The SMILES string of the molecule is Cc1ccnn1-c1ccc(C(=O)O[C@H](C(=O)NC2CC2)c2ccccc2)cc1. The molecule has 0 radical (unpaired) electrons.